The van der Waals surface area contributed by atoms with Crippen LogP contribution in [-0.4, -0.2) is 32.1 Å². The summed E-state index contributed by atoms with van der Waals surface area (Å²) in [6.07, 6.45) is 3.30. The molecule has 0 spiro atoms. The highest BCUT2D eigenvalue weighted by Crippen LogP contribution is 2.54. The maximum atomic E-state index is 11.4. The van der Waals surface area contributed by atoms with Crippen molar-refractivity contribution in [2.75, 3.05) is 13.3 Å². The first-order valence-corrected chi connectivity index (χ1v) is 7.89. The average Bonchev–Trinajstić information content (AvgIpc) is 1.98. The first-order valence-electron chi connectivity index (χ1n) is 6.04. The predicted octanol–water partition coefficient (Wildman–Crippen LogP) is 2.34. The molecule has 0 unspecified atom stereocenters. The van der Waals surface area contributed by atoms with Gasteiger partial charge in [0.25, 0.3) is 0 Å². The third-order valence-electron chi connectivity index (χ3n) is 4.57. The SMILES string of the molecule is CC(C)C1(C(C)C)CC(N(C)S(C)(=O)=O)C1. The lowest BCUT2D eigenvalue weighted by atomic mass is 9.54. The fourth-order valence-electron chi connectivity index (χ4n) is 2.95. The summed E-state index contributed by atoms with van der Waals surface area (Å²) in [6, 6.07) is 0.208. The van der Waals surface area contributed by atoms with Crippen LogP contribution >= 0.6 is 0 Å². The van der Waals surface area contributed by atoms with E-state index in [0.29, 0.717) is 17.3 Å². The zero-order chi connectivity index (χ0) is 12.7. The number of hydrogen-bond acceptors (Lipinski definition) is 2. The summed E-state index contributed by atoms with van der Waals surface area (Å²) in [5, 5.41) is 0. The van der Waals surface area contributed by atoms with E-state index in [9.17, 15) is 8.42 Å². The molecule has 1 rings (SSSR count). The first-order chi connectivity index (χ1) is 7.11. The standard InChI is InChI=1S/C12H25NO2S/c1-9(2)12(10(3)4)7-11(8-12)13(5)16(6,14)15/h9-11H,7-8H2,1-6H3. The molecule has 0 bridgehead atoms. The highest BCUT2D eigenvalue weighted by atomic mass is 32.2. The van der Waals surface area contributed by atoms with E-state index in [1.165, 1.54) is 10.6 Å². The summed E-state index contributed by atoms with van der Waals surface area (Å²) >= 11 is 0. The molecule has 0 aromatic heterocycles. The number of sulfonamides is 1. The first kappa shape index (κ1) is 14.0. The zero-order valence-electron chi connectivity index (χ0n) is 11.3. The van der Waals surface area contributed by atoms with Crippen molar-refractivity contribution in [1.29, 1.82) is 0 Å². The van der Waals surface area contributed by atoms with E-state index in [-0.39, 0.29) is 6.04 Å². The van der Waals surface area contributed by atoms with Gasteiger partial charge < -0.3 is 0 Å². The Morgan fingerprint density at radius 2 is 1.50 bits per heavy atom. The van der Waals surface area contributed by atoms with E-state index < -0.39 is 10.0 Å². The van der Waals surface area contributed by atoms with Crippen molar-refractivity contribution in [3.63, 3.8) is 0 Å². The Bertz CT molecular complexity index is 330. The Morgan fingerprint density at radius 3 is 1.75 bits per heavy atom. The van der Waals surface area contributed by atoms with Gasteiger partial charge in [-0.15, -0.1) is 0 Å². The molecule has 96 valence electrons. The molecule has 0 aromatic carbocycles. The monoisotopic (exact) mass is 247 g/mol. The molecule has 1 fully saturated rings. The summed E-state index contributed by atoms with van der Waals surface area (Å²) < 4.78 is 24.4. The van der Waals surface area contributed by atoms with Crippen molar-refractivity contribution in [1.82, 2.24) is 4.31 Å². The predicted molar refractivity (Wildman–Crippen MR) is 67.7 cm³/mol. The molecule has 0 aliphatic heterocycles. The van der Waals surface area contributed by atoms with Gasteiger partial charge in [-0.2, -0.15) is 0 Å². The topological polar surface area (TPSA) is 37.4 Å². The molecule has 0 aromatic rings. The third kappa shape index (κ3) is 2.28. The molecule has 0 amide bonds. The summed E-state index contributed by atoms with van der Waals surface area (Å²) in [5.41, 5.74) is 0.337. The molecular weight excluding hydrogens is 222 g/mol. The van der Waals surface area contributed by atoms with Crippen molar-refractivity contribution < 1.29 is 8.42 Å². The second-order valence-electron chi connectivity index (χ2n) is 5.88. The minimum atomic E-state index is -3.03. The minimum absolute atomic E-state index is 0.208. The van der Waals surface area contributed by atoms with E-state index in [1.807, 2.05) is 0 Å². The van der Waals surface area contributed by atoms with Crippen molar-refractivity contribution in [2.45, 2.75) is 46.6 Å². The van der Waals surface area contributed by atoms with Crippen LogP contribution in [0.3, 0.4) is 0 Å². The van der Waals surface area contributed by atoms with E-state index in [2.05, 4.69) is 27.7 Å². The summed E-state index contributed by atoms with van der Waals surface area (Å²) in [6.45, 7) is 8.99. The molecule has 4 heteroatoms. The fourth-order valence-corrected chi connectivity index (χ4v) is 3.65. The van der Waals surface area contributed by atoms with Gasteiger partial charge >= 0.3 is 0 Å². The quantitative estimate of drug-likeness (QED) is 0.764. The Morgan fingerprint density at radius 1 is 1.12 bits per heavy atom. The van der Waals surface area contributed by atoms with Crippen LogP contribution in [0.1, 0.15) is 40.5 Å². The normalized spacial score (nSPS) is 21.8. The van der Waals surface area contributed by atoms with Gasteiger partial charge in [0.2, 0.25) is 10.0 Å². The second kappa shape index (κ2) is 4.30. The molecule has 3 nitrogen and oxygen atoms in total. The van der Waals surface area contributed by atoms with Gasteiger partial charge in [0.1, 0.15) is 0 Å². The van der Waals surface area contributed by atoms with Gasteiger partial charge in [-0.3, -0.25) is 0 Å². The van der Waals surface area contributed by atoms with Gasteiger partial charge in [0, 0.05) is 13.1 Å². The molecule has 1 aliphatic rings. The molecule has 0 heterocycles. The second-order valence-corrected chi connectivity index (χ2v) is 7.93. The van der Waals surface area contributed by atoms with Crippen LogP contribution in [0.2, 0.25) is 0 Å². The smallest absolute Gasteiger partial charge is 0.211 e. The molecule has 0 saturated heterocycles. The van der Waals surface area contributed by atoms with Gasteiger partial charge in [-0.1, -0.05) is 27.7 Å². The number of nitrogens with zero attached hydrogens (tertiary/aromatic N) is 1. The van der Waals surface area contributed by atoms with Crippen molar-refractivity contribution in [2.24, 2.45) is 17.3 Å². The van der Waals surface area contributed by atoms with Crippen molar-refractivity contribution >= 4 is 10.0 Å². The third-order valence-corrected chi connectivity index (χ3v) is 5.91. The van der Waals surface area contributed by atoms with Gasteiger partial charge in [-0.25, -0.2) is 12.7 Å². The van der Waals surface area contributed by atoms with Gasteiger partial charge in [-0.05, 0) is 30.1 Å². The van der Waals surface area contributed by atoms with Crippen molar-refractivity contribution in [3.05, 3.63) is 0 Å². The summed E-state index contributed by atoms with van der Waals surface area (Å²) in [4.78, 5) is 0. The van der Waals surface area contributed by atoms with E-state index in [1.54, 1.807) is 7.05 Å². The number of rotatable bonds is 4. The van der Waals surface area contributed by atoms with Crippen LogP contribution in [0.5, 0.6) is 0 Å². The van der Waals surface area contributed by atoms with E-state index in [0.717, 1.165) is 12.8 Å². The average molecular weight is 247 g/mol. The molecule has 0 atom stereocenters. The maximum absolute atomic E-state index is 11.4. The van der Waals surface area contributed by atoms with E-state index >= 15 is 0 Å². The van der Waals surface area contributed by atoms with Gasteiger partial charge in [0.05, 0.1) is 6.26 Å². The molecule has 0 N–H and O–H groups in total. The van der Waals surface area contributed by atoms with Crippen LogP contribution in [-0.2, 0) is 10.0 Å². The van der Waals surface area contributed by atoms with Crippen LogP contribution in [0.25, 0.3) is 0 Å². The van der Waals surface area contributed by atoms with Gasteiger partial charge in [0.15, 0.2) is 0 Å². The largest absolute Gasteiger partial charge is 0.213 e. The molecular formula is C12H25NO2S. The van der Waals surface area contributed by atoms with Crippen LogP contribution < -0.4 is 0 Å². The highest BCUT2D eigenvalue weighted by Gasteiger charge is 2.50. The Balaban J connectivity index is 2.72. The van der Waals surface area contributed by atoms with E-state index in [4.69, 9.17) is 0 Å². The molecule has 1 saturated carbocycles. The minimum Gasteiger partial charge on any atom is -0.213 e. The van der Waals surface area contributed by atoms with Crippen LogP contribution in [0.4, 0.5) is 0 Å². The molecule has 1 aliphatic carbocycles. The fraction of sp³-hybridized carbons (Fsp3) is 1.00. The Labute approximate surface area is 100 Å². The summed E-state index contributed by atoms with van der Waals surface area (Å²) in [5.74, 6) is 1.24. The van der Waals surface area contributed by atoms with Crippen molar-refractivity contribution in [3.8, 4) is 0 Å². The molecule has 16 heavy (non-hydrogen) atoms. The lowest BCUT2D eigenvalue weighted by Gasteiger charge is -2.55. The Kier molecular flexibility index (Phi) is 3.75. The lowest BCUT2D eigenvalue weighted by Crippen LogP contribution is -2.55. The van der Waals surface area contributed by atoms with Crippen LogP contribution in [0, 0.1) is 17.3 Å². The lowest BCUT2D eigenvalue weighted by molar-refractivity contribution is -0.0375. The Hall–Kier alpha value is -0.0900. The number of hydrogen-bond donors (Lipinski definition) is 0. The van der Waals surface area contributed by atoms with Crippen LogP contribution in [0.15, 0.2) is 0 Å². The summed E-state index contributed by atoms with van der Waals surface area (Å²) in [7, 11) is -1.33. The maximum Gasteiger partial charge on any atom is 0.211 e. The zero-order valence-corrected chi connectivity index (χ0v) is 12.1. The molecule has 0 radical (unpaired) electrons. The highest BCUT2D eigenvalue weighted by molar-refractivity contribution is 7.88.